The minimum atomic E-state index is -4.76. The first kappa shape index (κ1) is 29.5. The predicted molar refractivity (Wildman–Crippen MR) is 147 cm³/mol. The Kier molecular flexibility index (Phi) is 10.1. The second-order valence-corrected chi connectivity index (χ2v) is 9.87. The standard InChI is InChI=1S/C28H35F3N6O3/c1-40-18-17-37(15-5-4-8-20-12-11-19-7-6-14-32-24(19)33-20)16-13-23(26(38)39)34-25-21-9-2-3-10-22(21)35-27(36-25)28(29,30)31/h2-3,9-12,23H,4-8,13-18H2,1H3,(H,32,33)(H,38,39)(H,34,35,36). The highest BCUT2D eigenvalue weighted by Gasteiger charge is 2.36. The number of carboxylic acid groups (broad SMARTS) is 1. The first-order valence-electron chi connectivity index (χ1n) is 13.5. The number of hydrogen-bond acceptors (Lipinski definition) is 8. The van der Waals surface area contributed by atoms with Crippen LogP contribution in [-0.4, -0.2) is 76.9 Å². The molecule has 0 spiro atoms. The van der Waals surface area contributed by atoms with Crippen molar-refractivity contribution in [2.24, 2.45) is 0 Å². The van der Waals surface area contributed by atoms with Crippen molar-refractivity contribution >= 4 is 28.5 Å². The Morgan fingerprint density at radius 2 is 1.95 bits per heavy atom. The Balaban J connectivity index is 1.36. The number of nitrogens with zero attached hydrogens (tertiary/aromatic N) is 4. The molecule has 4 rings (SSSR count). The molecule has 1 aliphatic rings. The van der Waals surface area contributed by atoms with Crippen molar-refractivity contribution in [1.82, 2.24) is 19.9 Å². The van der Waals surface area contributed by atoms with E-state index >= 15 is 0 Å². The molecule has 1 aliphatic heterocycles. The molecule has 3 aromatic rings. The minimum Gasteiger partial charge on any atom is -0.480 e. The van der Waals surface area contributed by atoms with E-state index < -0.39 is 24.0 Å². The Morgan fingerprint density at radius 1 is 1.12 bits per heavy atom. The zero-order valence-electron chi connectivity index (χ0n) is 22.5. The van der Waals surface area contributed by atoms with Crippen LogP contribution in [0.15, 0.2) is 36.4 Å². The van der Waals surface area contributed by atoms with E-state index in [1.807, 2.05) is 0 Å². The van der Waals surface area contributed by atoms with Crippen molar-refractivity contribution in [2.75, 3.05) is 50.5 Å². The quantitative estimate of drug-likeness (QED) is 0.243. The number of carbonyl (C=O) groups is 1. The van der Waals surface area contributed by atoms with Crippen molar-refractivity contribution < 1.29 is 27.8 Å². The average molecular weight is 561 g/mol. The van der Waals surface area contributed by atoms with Gasteiger partial charge in [0.05, 0.1) is 12.1 Å². The zero-order valence-corrected chi connectivity index (χ0v) is 22.5. The molecule has 3 N–H and O–H groups in total. The van der Waals surface area contributed by atoms with Gasteiger partial charge in [-0.15, -0.1) is 0 Å². The molecule has 1 atom stereocenters. The molecule has 9 nitrogen and oxygen atoms in total. The van der Waals surface area contributed by atoms with E-state index in [9.17, 15) is 23.1 Å². The summed E-state index contributed by atoms with van der Waals surface area (Å²) in [5, 5.41) is 16.3. The molecule has 0 saturated heterocycles. The number of unbranched alkanes of at least 4 members (excludes halogenated alkanes) is 1. The molecule has 1 aromatic carbocycles. The van der Waals surface area contributed by atoms with Crippen molar-refractivity contribution in [3.8, 4) is 0 Å². The van der Waals surface area contributed by atoms with Crippen LogP contribution < -0.4 is 10.6 Å². The Bertz CT molecular complexity index is 1290. The molecule has 12 heteroatoms. The third-order valence-electron chi connectivity index (χ3n) is 6.92. The summed E-state index contributed by atoms with van der Waals surface area (Å²) in [4.78, 5) is 26.2. The van der Waals surface area contributed by atoms with Crippen LogP contribution >= 0.6 is 0 Å². The highest BCUT2D eigenvalue weighted by Crippen LogP contribution is 2.30. The van der Waals surface area contributed by atoms with Crippen molar-refractivity contribution in [2.45, 2.75) is 50.7 Å². The number of ether oxygens (including phenoxy) is 1. The van der Waals surface area contributed by atoms with Crippen LogP contribution in [0.4, 0.5) is 24.8 Å². The largest absolute Gasteiger partial charge is 0.480 e. The lowest BCUT2D eigenvalue weighted by Crippen LogP contribution is -2.37. The first-order chi connectivity index (χ1) is 19.2. The van der Waals surface area contributed by atoms with E-state index in [2.05, 4.69) is 37.6 Å². The third kappa shape index (κ3) is 8.01. The maximum absolute atomic E-state index is 13.4. The van der Waals surface area contributed by atoms with Gasteiger partial charge in [-0.25, -0.2) is 19.7 Å². The number of alkyl halides is 3. The minimum absolute atomic E-state index is 0.0855. The van der Waals surface area contributed by atoms with Crippen LogP contribution in [0.3, 0.4) is 0 Å². The van der Waals surface area contributed by atoms with E-state index in [1.54, 1.807) is 25.3 Å². The number of anilines is 2. The van der Waals surface area contributed by atoms with Gasteiger partial charge >= 0.3 is 12.1 Å². The van der Waals surface area contributed by atoms with Gasteiger partial charge in [-0.2, -0.15) is 13.2 Å². The molecule has 0 saturated carbocycles. The lowest BCUT2D eigenvalue weighted by Gasteiger charge is -2.24. The van der Waals surface area contributed by atoms with Crippen molar-refractivity contribution in [3.05, 3.63) is 53.5 Å². The van der Waals surface area contributed by atoms with Gasteiger partial charge in [0.15, 0.2) is 0 Å². The molecule has 1 unspecified atom stereocenters. The second kappa shape index (κ2) is 13.7. The summed E-state index contributed by atoms with van der Waals surface area (Å²) in [6.07, 6.45) is 0.212. The number of para-hydroxylation sites is 1. The summed E-state index contributed by atoms with van der Waals surface area (Å²) in [6, 6.07) is 9.30. The summed E-state index contributed by atoms with van der Waals surface area (Å²) in [7, 11) is 1.61. The smallest absolute Gasteiger partial charge is 0.451 e. The maximum atomic E-state index is 13.4. The SMILES string of the molecule is COCCN(CCCCc1ccc2c(n1)NCCC2)CCC(Nc1nc(C(F)(F)F)nc2ccccc12)C(=O)O. The lowest BCUT2D eigenvalue weighted by molar-refractivity contribution is -0.144. The summed E-state index contributed by atoms with van der Waals surface area (Å²) >= 11 is 0. The number of nitrogens with one attached hydrogen (secondary N) is 2. The third-order valence-corrected chi connectivity index (χ3v) is 6.92. The van der Waals surface area contributed by atoms with E-state index in [0.29, 0.717) is 25.1 Å². The molecular weight excluding hydrogens is 525 g/mol. The highest BCUT2D eigenvalue weighted by molar-refractivity contribution is 5.91. The number of fused-ring (bicyclic) bond motifs is 2. The van der Waals surface area contributed by atoms with Gasteiger partial charge in [0.2, 0.25) is 5.82 Å². The average Bonchev–Trinajstić information content (AvgIpc) is 2.94. The second-order valence-electron chi connectivity index (χ2n) is 9.87. The first-order valence-corrected chi connectivity index (χ1v) is 13.5. The fourth-order valence-electron chi connectivity index (χ4n) is 4.75. The maximum Gasteiger partial charge on any atom is 0.451 e. The fraction of sp³-hybridized carbons (Fsp3) is 0.500. The van der Waals surface area contributed by atoms with Crippen LogP contribution in [0.25, 0.3) is 10.9 Å². The number of halogens is 3. The Labute approximate surface area is 231 Å². The van der Waals surface area contributed by atoms with Crippen LogP contribution in [0.1, 0.15) is 42.8 Å². The van der Waals surface area contributed by atoms with Gasteiger partial charge in [0.1, 0.15) is 17.7 Å². The lowest BCUT2D eigenvalue weighted by atomic mass is 10.1. The topological polar surface area (TPSA) is 113 Å². The molecule has 0 aliphatic carbocycles. The number of aryl methyl sites for hydroxylation is 2. The molecular formula is C28H35F3N6O3. The molecule has 0 fully saturated rings. The van der Waals surface area contributed by atoms with E-state index in [0.717, 1.165) is 56.7 Å². The fourth-order valence-corrected chi connectivity index (χ4v) is 4.75. The Morgan fingerprint density at radius 3 is 2.73 bits per heavy atom. The van der Waals surface area contributed by atoms with Crippen LogP contribution in [0, 0.1) is 0 Å². The van der Waals surface area contributed by atoms with E-state index in [1.165, 1.54) is 11.6 Å². The van der Waals surface area contributed by atoms with E-state index in [-0.39, 0.29) is 17.8 Å². The van der Waals surface area contributed by atoms with Gasteiger partial charge in [-0.05, 0) is 68.8 Å². The Hall–Kier alpha value is -3.51. The molecule has 0 amide bonds. The van der Waals surface area contributed by atoms with Crippen molar-refractivity contribution in [3.63, 3.8) is 0 Å². The van der Waals surface area contributed by atoms with Gasteiger partial charge in [-0.3, -0.25) is 0 Å². The predicted octanol–water partition coefficient (Wildman–Crippen LogP) is 4.63. The molecule has 2 aromatic heterocycles. The molecule has 216 valence electrons. The number of methoxy groups -OCH3 is 1. The van der Waals surface area contributed by atoms with Gasteiger partial charge in [-0.1, -0.05) is 18.2 Å². The number of rotatable bonds is 14. The number of carboxylic acids is 1. The normalized spacial score (nSPS) is 14.1. The number of aliphatic carboxylic acids is 1. The summed E-state index contributed by atoms with van der Waals surface area (Å²) in [6.45, 7) is 3.19. The number of hydrogen-bond donors (Lipinski definition) is 3. The summed E-state index contributed by atoms with van der Waals surface area (Å²) in [5.74, 6) is -1.66. The zero-order chi connectivity index (χ0) is 28.5. The summed E-state index contributed by atoms with van der Waals surface area (Å²) < 4.78 is 45.4. The van der Waals surface area contributed by atoms with Crippen LogP contribution in [0.5, 0.6) is 0 Å². The molecule has 0 bridgehead atoms. The number of benzene rings is 1. The monoisotopic (exact) mass is 560 g/mol. The summed E-state index contributed by atoms with van der Waals surface area (Å²) in [5.41, 5.74) is 2.39. The number of pyridine rings is 1. The van der Waals surface area contributed by atoms with Crippen LogP contribution in [-0.2, 0) is 28.5 Å². The van der Waals surface area contributed by atoms with Gasteiger partial charge in [0.25, 0.3) is 0 Å². The highest BCUT2D eigenvalue weighted by atomic mass is 19.4. The van der Waals surface area contributed by atoms with Gasteiger partial charge < -0.3 is 25.4 Å². The molecule has 3 heterocycles. The van der Waals surface area contributed by atoms with Crippen molar-refractivity contribution in [1.29, 1.82) is 0 Å². The number of aromatic nitrogens is 3. The molecule has 40 heavy (non-hydrogen) atoms. The van der Waals surface area contributed by atoms with E-state index in [4.69, 9.17) is 9.72 Å². The molecule has 0 radical (unpaired) electrons. The van der Waals surface area contributed by atoms with Gasteiger partial charge in [0, 0.05) is 37.8 Å². The van der Waals surface area contributed by atoms with Crippen LogP contribution in [0.2, 0.25) is 0 Å².